The van der Waals surface area contributed by atoms with E-state index < -0.39 is 5.97 Å². The number of carbonyl (C=O) groups is 1. The van der Waals surface area contributed by atoms with E-state index in [1.54, 1.807) is 41.5 Å². The van der Waals surface area contributed by atoms with E-state index in [0.29, 0.717) is 28.2 Å². The number of esters is 1. The van der Waals surface area contributed by atoms with Crippen molar-refractivity contribution in [3.8, 4) is 5.95 Å². The van der Waals surface area contributed by atoms with E-state index in [0.717, 1.165) is 0 Å². The predicted octanol–water partition coefficient (Wildman–Crippen LogP) is 1.18. The number of ether oxygens (including phenoxy) is 1. The van der Waals surface area contributed by atoms with Gasteiger partial charge in [0.2, 0.25) is 5.95 Å². The van der Waals surface area contributed by atoms with E-state index in [9.17, 15) is 4.79 Å². The van der Waals surface area contributed by atoms with Gasteiger partial charge in [-0.2, -0.15) is 4.98 Å². The summed E-state index contributed by atoms with van der Waals surface area (Å²) >= 11 is 0. The minimum Gasteiger partial charge on any atom is -0.465 e. The second-order valence-electron chi connectivity index (χ2n) is 4.10. The van der Waals surface area contributed by atoms with Gasteiger partial charge in [-0.25, -0.2) is 14.8 Å². The molecule has 3 aromatic rings. The molecule has 0 bridgehead atoms. The molecule has 0 unspecified atom stereocenters. The van der Waals surface area contributed by atoms with E-state index in [-0.39, 0.29) is 0 Å². The van der Waals surface area contributed by atoms with Gasteiger partial charge in [0.15, 0.2) is 0 Å². The van der Waals surface area contributed by atoms with Crippen LogP contribution in [0.4, 0.5) is 5.82 Å². The van der Waals surface area contributed by atoms with Crippen molar-refractivity contribution < 1.29 is 9.53 Å². The number of anilines is 1. The van der Waals surface area contributed by atoms with Gasteiger partial charge in [0.25, 0.3) is 0 Å². The monoisotopic (exact) mass is 269 g/mol. The first-order valence-corrected chi connectivity index (χ1v) is 5.83. The summed E-state index contributed by atoms with van der Waals surface area (Å²) in [6.07, 6.45) is 4.94. The number of rotatable bonds is 2. The molecule has 2 N–H and O–H groups in total. The maximum atomic E-state index is 11.5. The smallest absolute Gasteiger partial charge is 0.337 e. The van der Waals surface area contributed by atoms with Gasteiger partial charge >= 0.3 is 5.97 Å². The molecular weight excluding hydrogens is 258 g/mol. The lowest BCUT2D eigenvalue weighted by atomic mass is 10.1. The molecule has 1 aromatic carbocycles. The first kappa shape index (κ1) is 12.1. The highest BCUT2D eigenvalue weighted by Gasteiger charge is 2.11. The number of nitrogen functional groups attached to an aromatic ring is 1. The van der Waals surface area contributed by atoms with Crippen LogP contribution in [0.5, 0.6) is 0 Å². The summed E-state index contributed by atoms with van der Waals surface area (Å²) < 4.78 is 6.33. The number of hydrogen-bond acceptors (Lipinski definition) is 6. The fraction of sp³-hybridized carbons (Fsp3) is 0.0769. The van der Waals surface area contributed by atoms with E-state index in [1.165, 1.54) is 7.11 Å². The molecule has 100 valence electrons. The Bertz CT molecular complexity index is 783. The number of imidazole rings is 1. The van der Waals surface area contributed by atoms with Crippen molar-refractivity contribution in [3.63, 3.8) is 0 Å². The molecule has 20 heavy (non-hydrogen) atoms. The zero-order chi connectivity index (χ0) is 14.1. The minimum absolute atomic E-state index is 0.296. The van der Waals surface area contributed by atoms with Crippen LogP contribution in [0.25, 0.3) is 16.9 Å². The summed E-state index contributed by atoms with van der Waals surface area (Å²) in [5.74, 6) is 0.299. The van der Waals surface area contributed by atoms with Gasteiger partial charge in [-0.3, -0.25) is 4.57 Å². The maximum absolute atomic E-state index is 11.5. The molecule has 0 spiro atoms. The number of hydrogen-bond donors (Lipinski definition) is 1. The number of carbonyl (C=O) groups excluding carboxylic acids is 1. The Hall–Kier alpha value is -2.96. The van der Waals surface area contributed by atoms with Crippen molar-refractivity contribution in [2.24, 2.45) is 0 Å². The van der Waals surface area contributed by atoms with Gasteiger partial charge in [0.05, 0.1) is 18.2 Å². The van der Waals surface area contributed by atoms with Gasteiger partial charge in [-0.15, -0.1) is 0 Å². The highest BCUT2D eigenvalue weighted by molar-refractivity contribution is 5.97. The molecule has 0 aliphatic carbocycles. The van der Waals surface area contributed by atoms with Crippen molar-refractivity contribution in [2.45, 2.75) is 0 Å². The molecule has 0 radical (unpaired) electrons. The van der Waals surface area contributed by atoms with E-state index in [1.807, 2.05) is 0 Å². The molecule has 0 aliphatic heterocycles. The Morgan fingerprint density at radius 1 is 1.35 bits per heavy atom. The van der Waals surface area contributed by atoms with Gasteiger partial charge < -0.3 is 10.5 Å². The number of aromatic nitrogens is 4. The van der Waals surface area contributed by atoms with Crippen LogP contribution in [0.2, 0.25) is 0 Å². The van der Waals surface area contributed by atoms with E-state index in [2.05, 4.69) is 19.7 Å². The molecule has 7 nitrogen and oxygen atoms in total. The second kappa shape index (κ2) is 4.61. The van der Waals surface area contributed by atoms with Crippen LogP contribution in [-0.4, -0.2) is 32.6 Å². The van der Waals surface area contributed by atoms with Crippen molar-refractivity contribution in [3.05, 3.63) is 42.5 Å². The molecule has 3 rings (SSSR count). The van der Waals surface area contributed by atoms with Crippen LogP contribution >= 0.6 is 0 Å². The zero-order valence-electron chi connectivity index (χ0n) is 10.6. The predicted molar refractivity (Wildman–Crippen MR) is 72.4 cm³/mol. The molecule has 2 heterocycles. The molecule has 0 amide bonds. The summed E-state index contributed by atoms with van der Waals surface area (Å²) in [5.41, 5.74) is 6.99. The molecule has 0 saturated heterocycles. The van der Waals surface area contributed by atoms with Crippen molar-refractivity contribution in [2.75, 3.05) is 12.8 Å². The van der Waals surface area contributed by atoms with E-state index in [4.69, 9.17) is 5.73 Å². The Morgan fingerprint density at radius 2 is 2.20 bits per heavy atom. The van der Waals surface area contributed by atoms with Crippen LogP contribution in [-0.2, 0) is 4.74 Å². The lowest BCUT2D eigenvalue weighted by molar-refractivity contribution is 0.0601. The van der Waals surface area contributed by atoms with Gasteiger partial charge in [0.1, 0.15) is 12.1 Å². The molecule has 0 atom stereocenters. The Balaban J connectivity index is 2.17. The maximum Gasteiger partial charge on any atom is 0.337 e. The summed E-state index contributed by atoms with van der Waals surface area (Å²) in [5, 5.41) is 0.608. The van der Waals surface area contributed by atoms with Gasteiger partial charge in [-0.05, 0) is 18.2 Å². The largest absolute Gasteiger partial charge is 0.465 e. The highest BCUT2D eigenvalue weighted by atomic mass is 16.5. The third kappa shape index (κ3) is 1.95. The summed E-state index contributed by atoms with van der Waals surface area (Å²) in [6.45, 7) is 0. The lowest BCUT2D eigenvalue weighted by Crippen LogP contribution is -2.05. The zero-order valence-corrected chi connectivity index (χ0v) is 10.6. The quantitative estimate of drug-likeness (QED) is 0.702. The third-order valence-electron chi connectivity index (χ3n) is 2.87. The van der Waals surface area contributed by atoms with Crippen molar-refractivity contribution in [1.82, 2.24) is 19.5 Å². The molecule has 0 aliphatic rings. The molecular formula is C13H11N5O2. The molecule has 2 aromatic heterocycles. The van der Waals surface area contributed by atoms with E-state index >= 15 is 0 Å². The van der Waals surface area contributed by atoms with Crippen LogP contribution in [0, 0.1) is 0 Å². The van der Waals surface area contributed by atoms with Gasteiger partial charge in [0, 0.05) is 17.8 Å². The number of nitrogens with zero attached hydrogens (tertiary/aromatic N) is 4. The van der Waals surface area contributed by atoms with Crippen molar-refractivity contribution in [1.29, 1.82) is 0 Å². The number of nitrogens with two attached hydrogens (primary N) is 1. The van der Waals surface area contributed by atoms with Crippen LogP contribution in [0.15, 0.2) is 36.9 Å². The van der Waals surface area contributed by atoms with Crippen molar-refractivity contribution >= 4 is 22.7 Å². The summed E-state index contributed by atoms with van der Waals surface area (Å²) in [6, 6.07) is 4.96. The Morgan fingerprint density at radius 3 is 2.90 bits per heavy atom. The minimum atomic E-state index is -0.426. The third-order valence-corrected chi connectivity index (χ3v) is 2.87. The standard InChI is InChI=1S/C13H11N5O2/c1-20-12(19)8-2-3-10-9(6-8)11(14)17-13(16-10)18-5-4-15-7-18/h2-7H,1H3,(H2,14,16,17). The molecule has 0 fully saturated rings. The average Bonchev–Trinajstić information content (AvgIpc) is 3.00. The number of fused-ring (bicyclic) bond motifs is 1. The molecule has 0 saturated carbocycles. The second-order valence-corrected chi connectivity index (χ2v) is 4.10. The van der Waals surface area contributed by atoms with Crippen LogP contribution in [0.3, 0.4) is 0 Å². The topological polar surface area (TPSA) is 95.9 Å². The SMILES string of the molecule is COC(=O)c1ccc2nc(-n3ccnc3)nc(N)c2c1. The Kier molecular flexibility index (Phi) is 2.79. The summed E-state index contributed by atoms with van der Waals surface area (Å²) in [7, 11) is 1.33. The first-order chi connectivity index (χ1) is 9.69. The first-order valence-electron chi connectivity index (χ1n) is 5.83. The fourth-order valence-electron chi connectivity index (χ4n) is 1.88. The van der Waals surface area contributed by atoms with Crippen LogP contribution < -0.4 is 5.73 Å². The highest BCUT2D eigenvalue weighted by Crippen LogP contribution is 2.21. The normalized spacial score (nSPS) is 10.7. The Labute approximate surface area is 114 Å². The fourth-order valence-corrected chi connectivity index (χ4v) is 1.88. The van der Waals surface area contributed by atoms with Gasteiger partial charge in [-0.1, -0.05) is 0 Å². The number of methoxy groups -OCH3 is 1. The average molecular weight is 269 g/mol. The molecule has 7 heteroatoms. The lowest BCUT2D eigenvalue weighted by Gasteiger charge is -2.07. The summed E-state index contributed by atoms with van der Waals surface area (Å²) in [4.78, 5) is 24.0. The number of benzene rings is 1. The van der Waals surface area contributed by atoms with Crippen LogP contribution in [0.1, 0.15) is 10.4 Å².